The number of amides is 2. The first-order chi connectivity index (χ1) is 7.34. The van der Waals surface area contributed by atoms with Crippen molar-refractivity contribution in [3.63, 3.8) is 0 Å². The standard InChI is InChI=1S/C10H18N2O4/c1-6(2)4-5-11-10(16)12-8(7(3)13)9(14)15/h4,7-8,13H,5H2,1-3H3,(H,14,15)(H2,11,12,16). The zero-order chi connectivity index (χ0) is 12.7. The molecule has 2 unspecified atom stereocenters. The maximum Gasteiger partial charge on any atom is 0.328 e. The first-order valence-electron chi connectivity index (χ1n) is 4.93. The van der Waals surface area contributed by atoms with Crippen LogP contribution in [0.15, 0.2) is 11.6 Å². The number of rotatable bonds is 5. The summed E-state index contributed by atoms with van der Waals surface area (Å²) in [6, 6.07) is -1.92. The quantitative estimate of drug-likeness (QED) is 0.503. The van der Waals surface area contributed by atoms with Gasteiger partial charge in [-0.2, -0.15) is 0 Å². The van der Waals surface area contributed by atoms with Gasteiger partial charge in [0.15, 0.2) is 6.04 Å². The number of hydrogen-bond acceptors (Lipinski definition) is 3. The Labute approximate surface area is 94.3 Å². The maximum absolute atomic E-state index is 11.2. The van der Waals surface area contributed by atoms with E-state index in [1.54, 1.807) is 6.08 Å². The van der Waals surface area contributed by atoms with Crippen molar-refractivity contribution in [2.24, 2.45) is 0 Å². The van der Waals surface area contributed by atoms with Crippen LogP contribution >= 0.6 is 0 Å². The molecule has 6 heteroatoms. The lowest BCUT2D eigenvalue weighted by Gasteiger charge is -2.17. The minimum atomic E-state index is -1.30. The number of carbonyl (C=O) groups is 2. The topological polar surface area (TPSA) is 98.7 Å². The number of allylic oxidation sites excluding steroid dienone is 1. The van der Waals surface area contributed by atoms with Gasteiger partial charge in [0.25, 0.3) is 0 Å². The number of aliphatic carboxylic acids is 1. The van der Waals surface area contributed by atoms with Gasteiger partial charge < -0.3 is 20.8 Å². The predicted molar refractivity (Wildman–Crippen MR) is 59.1 cm³/mol. The van der Waals surface area contributed by atoms with Gasteiger partial charge in [-0.15, -0.1) is 0 Å². The zero-order valence-electron chi connectivity index (χ0n) is 9.65. The van der Waals surface area contributed by atoms with Crippen LogP contribution in [0.4, 0.5) is 4.79 Å². The summed E-state index contributed by atoms with van der Waals surface area (Å²) in [5.41, 5.74) is 1.05. The van der Waals surface area contributed by atoms with Gasteiger partial charge in [0.1, 0.15) is 0 Å². The Bertz CT molecular complexity index is 283. The number of urea groups is 1. The molecule has 0 spiro atoms. The lowest BCUT2D eigenvalue weighted by Crippen LogP contribution is -2.51. The van der Waals surface area contributed by atoms with Crippen LogP contribution in [0.1, 0.15) is 20.8 Å². The fraction of sp³-hybridized carbons (Fsp3) is 0.600. The lowest BCUT2D eigenvalue weighted by molar-refractivity contribution is -0.141. The second-order valence-electron chi connectivity index (χ2n) is 3.69. The highest BCUT2D eigenvalue weighted by Crippen LogP contribution is 1.92. The van der Waals surface area contributed by atoms with E-state index >= 15 is 0 Å². The molecular formula is C10H18N2O4. The van der Waals surface area contributed by atoms with Crippen LogP contribution in [0.5, 0.6) is 0 Å². The van der Waals surface area contributed by atoms with Gasteiger partial charge in [0, 0.05) is 6.54 Å². The first kappa shape index (κ1) is 14.4. The summed E-state index contributed by atoms with van der Waals surface area (Å²) in [4.78, 5) is 21.9. The summed E-state index contributed by atoms with van der Waals surface area (Å²) >= 11 is 0. The summed E-state index contributed by atoms with van der Waals surface area (Å²) in [5.74, 6) is -1.27. The summed E-state index contributed by atoms with van der Waals surface area (Å²) < 4.78 is 0. The van der Waals surface area contributed by atoms with E-state index in [2.05, 4.69) is 10.6 Å². The minimum Gasteiger partial charge on any atom is -0.480 e. The Morgan fingerprint density at radius 1 is 1.38 bits per heavy atom. The molecular weight excluding hydrogens is 212 g/mol. The Balaban J connectivity index is 4.11. The van der Waals surface area contributed by atoms with E-state index in [0.717, 1.165) is 5.57 Å². The molecule has 0 heterocycles. The molecule has 0 rings (SSSR count). The Kier molecular flexibility index (Phi) is 6.17. The summed E-state index contributed by atoms with van der Waals surface area (Å²) in [6.07, 6.45) is 0.643. The van der Waals surface area contributed by atoms with Crippen LogP contribution in [0, 0.1) is 0 Å². The Hall–Kier alpha value is -1.56. The van der Waals surface area contributed by atoms with Crippen molar-refractivity contribution in [1.29, 1.82) is 0 Å². The average molecular weight is 230 g/mol. The van der Waals surface area contributed by atoms with Gasteiger partial charge >= 0.3 is 12.0 Å². The van der Waals surface area contributed by atoms with Crippen LogP contribution in [-0.2, 0) is 4.79 Å². The van der Waals surface area contributed by atoms with Crippen molar-refractivity contribution >= 4 is 12.0 Å². The molecule has 0 aliphatic heterocycles. The molecule has 0 radical (unpaired) electrons. The van der Waals surface area contributed by atoms with Gasteiger partial charge in [-0.05, 0) is 20.8 Å². The molecule has 6 nitrogen and oxygen atoms in total. The van der Waals surface area contributed by atoms with E-state index in [9.17, 15) is 9.59 Å². The highest BCUT2D eigenvalue weighted by Gasteiger charge is 2.24. The molecule has 0 aromatic heterocycles. The smallest absolute Gasteiger partial charge is 0.328 e. The summed E-state index contributed by atoms with van der Waals surface area (Å²) in [7, 11) is 0. The van der Waals surface area contributed by atoms with Gasteiger partial charge in [0.05, 0.1) is 6.10 Å². The molecule has 2 atom stereocenters. The van der Waals surface area contributed by atoms with Gasteiger partial charge in [-0.1, -0.05) is 11.6 Å². The third kappa shape index (κ3) is 6.02. The highest BCUT2D eigenvalue weighted by molar-refractivity contribution is 5.82. The molecule has 0 saturated heterocycles. The number of aliphatic hydroxyl groups is 1. The number of hydrogen-bond donors (Lipinski definition) is 4. The zero-order valence-corrected chi connectivity index (χ0v) is 9.65. The third-order valence-electron chi connectivity index (χ3n) is 1.81. The number of carbonyl (C=O) groups excluding carboxylic acids is 1. The molecule has 2 amide bonds. The van der Waals surface area contributed by atoms with Crippen molar-refractivity contribution in [2.45, 2.75) is 32.9 Å². The number of nitrogens with one attached hydrogen (secondary N) is 2. The Morgan fingerprint density at radius 3 is 2.31 bits per heavy atom. The highest BCUT2D eigenvalue weighted by atomic mass is 16.4. The molecule has 92 valence electrons. The van der Waals surface area contributed by atoms with E-state index in [1.807, 2.05) is 13.8 Å². The fourth-order valence-corrected chi connectivity index (χ4v) is 0.929. The van der Waals surface area contributed by atoms with Gasteiger partial charge in [-0.25, -0.2) is 9.59 Å². The predicted octanol–water partition coefficient (Wildman–Crippen LogP) is 0.0858. The van der Waals surface area contributed by atoms with E-state index in [1.165, 1.54) is 6.92 Å². The van der Waals surface area contributed by atoms with Gasteiger partial charge in [-0.3, -0.25) is 0 Å². The number of carboxylic acid groups (broad SMARTS) is 1. The minimum absolute atomic E-state index is 0.320. The van der Waals surface area contributed by atoms with Crippen LogP contribution in [0.25, 0.3) is 0 Å². The molecule has 0 fully saturated rings. The second kappa shape index (κ2) is 6.84. The van der Waals surface area contributed by atoms with Crippen molar-refractivity contribution in [3.05, 3.63) is 11.6 Å². The van der Waals surface area contributed by atoms with E-state index < -0.39 is 24.1 Å². The van der Waals surface area contributed by atoms with E-state index in [0.29, 0.717) is 6.54 Å². The number of carboxylic acids is 1. The molecule has 16 heavy (non-hydrogen) atoms. The number of aliphatic hydroxyl groups excluding tert-OH is 1. The van der Waals surface area contributed by atoms with E-state index in [4.69, 9.17) is 10.2 Å². The Morgan fingerprint density at radius 2 is 1.94 bits per heavy atom. The molecule has 0 aliphatic carbocycles. The van der Waals surface area contributed by atoms with Crippen LogP contribution in [0.2, 0.25) is 0 Å². The first-order valence-corrected chi connectivity index (χ1v) is 4.93. The molecule has 0 saturated carbocycles. The van der Waals surface area contributed by atoms with Gasteiger partial charge in [0.2, 0.25) is 0 Å². The van der Waals surface area contributed by atoms with Crippen molar-refractivity contribution < 1.29 is 19.8 Å². The largest absolute Gasteiger partial charge is 0.480 e. The summed E-state index contributed by atoms with van der Waals surface area (Å²) in [6.45, 7) is 5.39. The van der Waals surface area contributed by atoms with Crippen LogP contribution in [-0.4, -0.2) is 40.9 Å². The molecule has 4 N–H and O–H groups in total. The molecule has 0 aliphatic rings. The normalized spacial score (nSPS) is 13.5. The van der Waals surface area contributed by atoms with Crippen molar-refractivity contribution in [1.82, 2.24) is 10.6 Å². The second-order valence-corrected chi connectivity index (χ2v) is 3.69. The lowest BCUT2D eigenvalue weighted by atomic mass is 10.2. The summed E-state index contributed by atoms with van der Waals surface area (Å²) in [5, 5.41) is 22.4. The van der Waals surface area contributed by atoms with Crippen LogP contribution < -0.4 is 10.6 Å². The molecule has 0 aromatic carbocycles. The van der Waals surface area contributed by atoms with Crippen LogP contribution in [0.3, 0.4) is 0 Å². The SMILES string of the molecule is CC(C)=CCNC(=O)NC(C(=O)O)C(C)O. The van der Waals surface area contributed by atoms with Crippen molar-refractivity contribution in [2.75, 3.05) is 6.54 Å². The maximum atomic E-state index is 11.2. The van der Waals surface area contributed by atoms with E-state index in [-0.39, 0.29) is 0 Å². The van der Waals surface area contributed by atoms with Crippen molar-refractivity contribution in [3.8, 4) is 0 Å². The third-order valence-corrected chi connectivity index (χ3v) is 1.81. The molecule has 0 bridgehead atoms. The average Bonchev–Trinajstić information content (AvgIpc) is 2.12. The molecule has 0 aromatic rings. The fourth-order valence-electron chi connectivity index (χ4n) is 0.929. The monoisotopic (exact) mass is 230 g/mol.